The summed E-state index contributed by atoms with van der Waals surface area (Å²) in [6.45, 7) is 8.66. The Balaban J connectivity index is 3.91. The molecule has 0 aliphatic carbocycles. The van der Waals surface area contributed by atoms with E-state index in [1.807, 2.05) is 13.8 Å². The number of hydrogen-bond donors (Lipinski definition) is 3. The summed E-state index contributed by atoms with van der Waals surface area (Å²) in [4.78, 5) is 22.6. The first-order chi connectivity index (χ1) is 8.88. The van der Waals surface area contributed by atoms with E-state index in [2.05, 4.69) is 24.5 Å². The number of unbranched alkanes of at least 4 members (excludes halogenated alkanes) is 1. The molecule has 0 radical (unpaired) electrons. The Morgan fingerprint density at radius 3 is 2.26 bits per heavy atom. The Bertz CT molecular complexity index is 280. The minimum atomic E-state index is -0.982. The number of rotatable bonds is 9. The average Bonchev–Trinajstić information content (AvgIpc) is 2.33. The Hall–Kier alpha value is -1.26. The molecule has 5 nitrogen and oxygen atoms in total. The molecule has 0 aromatic heterocycles. The molecule has 0 spiro atoms. The van der Waals surface area contributed by atoms with Crippen LogP contribution in [0.4, 0.5) is 4.79 Å². The Labute approximate surface area is 116 Å². The Morgan fingerprint density at radius 2 is 1.79 bits per heavy atom. The van der Waals surface area contributed by atoms with Crippen molar-refractivity contribution in [1.29, 1.82) is 0 Å². The van der Waals surface area contributed by atoms with Crippen LogP contribution in [-0.4, -0.2) is 29.7 Å². The Morgan fingerprint density at radius 1 is 1.16 bits per heavy atom. The average molecular weight is 272 g/mol. The summed E-state index contributed by atoms with van der Waals surface area (Å²) >= 11 is 0. The molecule has 2 atom stereocenters. The molecular weight excluding hydrogens is 244 g/mol. The smallest absolute Gasteiger partial charge is 0.326 e. The van der Waals surface area contributed by atoms with Crippen LogP contribution >= 0.6 is 0 Å². The van der Waals surface area contributed by atoms with Crippen molar-refractivity contribution in [3.8, 4) is 0 Å². The Kier molecular flexibility index (Phi) is 9.00. The number of aliphatic carboxylic acids is 1. The van der Waals surface area contributed by atoms with Crippen LogP contribution in [0.3, 0.4) is 0 Å². The molecule has 3 N–H and O–H groups in total. The molecule has 0 heterocycles. The molecule has 0 aliphatic rings. The third kappa shape index (κ3) is 8.46. The van der Waals surface area contributed by atoms with Gasteiger partial charge in [-0.2, -0.15) is 0 Å². The fourth-order valence-electron chi connectivity index (χ4n) is 1.75. The van der Waals surface area contributed by atoms with Crippen LogP contribution in [0, 0.1) is 11.8 Å². The second-order valence-electron chi connectivity index (χ2n) is 5.49. The molecule has 0 rings (SSSR count). The number of amides is 2. The normalized spacial score (nSPS) is 13.9. The summed E-state index contributed by atoms with van der Waals surface area (Å²) < 4.78 is 0. The lowest BCUT2D eigenvalue weighted by molar-refractivity contribution is -0.140. The number of carboxylic acid groups (broad SMARTS) is 1. The van der Waals surface area contributed by atoms with Gasteiger partial charge < -0.3 is 15.7 Å². The largest absolute Gasteiger partial charge is 0.480 e. The fourth-order valence-corrected chi connectivity index (χ4v) is 1.75. The zero-order valence-corrected chi connectivity index (χ0v) is 12.5. The first kappa shape index (κ1) is 17.7. The molecule has 2 amide bonds. The van der Waals surface area contributed by atoms with Gasteiger partial charge in [0.25, 0.3) is 0 Å². The maximum absolute atomic E-state index is 11.6. The van der Waals surface area contributed by atoms with Gasteiger partial charge in [-0.3, -0.25) is 0 Å². The maximum atomic E-state index is 11.6. The van der Waals surface area contributed by atoms with E-state index in [1.54, 1.807) is 0 Å². The number of carbonyl (C=O) groups excluding carboxylic acids is 1. The summed E-state index contributed by atoms with van der Waals surface area (Å²) in [6, 6.07) is -1.21. The van der Waals surface area contributed by atoms with E-state index in [0.29, 0.717) is 18.9 Å². The highest BCUT2D eigenvalue weighted by molar-refractivity contribution is 5.82. The quantitative estimate of drug-likeness (QED) is 0.564. The number of nitrogens with one attached hydrogen (secondary N) is 2. The fraction of sp³-hybridized carbons (Fsp3) is 0.857. The minimum Gasteiger partial charge on any atom is -0.480 e. The summed E-state index contributed by atoms with van der Waals surface area (Å²) in [6.07, 6.45) is 3.86. The van der Waals surface area contributed by atoms with Gasteiger partial charge in [-0.05, 0) is 18.3 Å². The van der Waals surface area contributed by atoms with Crippen LogP contribution in [-0.2, 0) is 4.79 Å². The van der Waals surface area contributed by atoms with Gasteiger partial charge in [-0.25, -0.2) is 9.59 Å². The molecule has 0 unspecified atom stereocenters. The third-order valence-electron chi connectivity index (χ3n) is 3.26. The molecule has 0 saturated heterocycles. The lowest BCUT2D eigenvalue weighted by Gasteiger charge is -2.20. The van der Waals surface area contributed by atoms with Crippen LogP contribution < -0.4 is 10.6 Å². The van der Waals surface area contributed by atoms with Crippen LogP contribution in [0.2, 0.25) is 0 Å². The highest BCUT2D eigenvalue weighted by Gasteiger charge is 2.24. The van der Waals surface area contributed by atoms with Crippen molar-refractivity contribution in [2.75, 3.05) is 6.54 Å². The molecule has 0 aromatic rings. The second-order valence-corrected chi connectivity index (χ2v) is 5.49. The predicted molar refractivity (Wildman–Crippen MR) is 76.1 cm³/mol. The van der Waals surface area contributed by atoms with Gasteiger partial charge in [0, 0.05) is 6.54 Å². The zero-order chi connectivity index (χ0) is 14.8. The molecule has 0 aliphatic heterocycles. The number of carboxylic acids is 1. The van der Waals surface area contributed by atoms with Gasteiger partial charge in [0.2, 0.25) is 0 Å². The van der Waals surface area contributed by atoms with Crippen LogP contribution in [0.1, 0.15) is 53.4 Å². The summed E-state index contributed by atoms with van der Waals surface area (Å²) in [5.74, 6) is -0.385. The predicted octanol–water partition coefficient (Wildman–Crippen LogP) is 2.61. The number of carbonyl (C=O) groups is 2. The standard InChI is InChI=1S/C14H28N2O3/c1-5-11(4)12(13(17)18)16-14(19)15-9-7-6-8-10(2)3/h10-12H,5-9H2,1-4H3,(H,17,18)(H2,15,16,19)/t11-,12-/m0/s1. The van der Waals surface area contributed by atoms with Gasteiger partial charge in [0.05, 0.1) is 0 Å². The minimum absolute atomic E-state index is 0.0795. The van der Waals surface area contributed by atoms with Crippen molar-refractivity contribution in [3.63, 3.8) is 0 Å². The molecule has 0 aromatic carbocycles. The van der Waals surface area contributed by atoms with E-state index < -0.39 is 18.0 Å². The van der Waals surface area contributed by atoms with Crippen LogP contribution in [0.25, 0.3) is 0 Å². The van der Waals surface area contributed by atoms with Crippen molar-refractivity contribution in [3.05, 3.63) is 0 Å². The molecule has 0 bridgehead atoms. The van der Waals surface area contributed by atoms with Crippen molar-refractivity contribution in [2.45, 2.75) is 59.4 Å². The lowest BCUT2D eigenvalue weighted by Crippen LogP contribution is -2.49. The van der Waals surface area contributed by atoms with E-state index in [0.717, 1.165) is 19.3 Å². The van der Waals surface area contributed by atoms with E-state index in [9.17, 15) is 9.59 Å². The first-order valence-electron chi connectivity index (χ1n) is 7.15. The second kappa shape index (κ2) is 9.64. The highest BCUT2D eigenvalue weighted by atomic mass is 16.4. The molecule has 19 heavy (non-hydrogen) atoms. The van der Waals surface area contributed by atoms with E-state index in [4.69, 9.17) is 5.11 Å². The maximum Gasteiger partial charge on any atom is 0.326 e. The van der Waals surface area contributed by atoms with Gasteiger partial charge in [-0.1, -0.05) is 47.0 Å². The van der Waals surface area contributed by atoms with Crippen molar-refractivity contribution < 1.29 is 14.7 Å². The molecule has 112 valence electrons. The number of urea groups is 1. The molecule has 0 fully saturated rings. The van der Waals surface area contributed by atoms with E-state index >= 15 is 0 Å². The zero-order valence-electron chi connectivity index (χ0n) is 12.5. The molecule has 0 saturated carbocycles. The van der Waals surface area contributed by atoms with Gasteiger partial charge in [-0.15, -0.1) is 0 Å². The third-order valence-corrected chi connectivity index (χ3v) is 3.26. The topological polar surface area (TPSA) is 78.4 Å². The van der Waals surface area contributed by atoms with E-state index in [-0.39, 0.29) is 5.92 Å². The first-order valence-corrected chi connectivity index (χ1v) is 7.15. The number of hydrogen-bond acceptors (Lipinski definition) is 2. The van der Waals surface area contributed by atoms with Gasteiger partial charge in [0.15, 0.2) is 0 Å². The van der Waals surface area contributed by atoms with Crippen molar-refractivity contribution in [2.24, 2.45) is 11.8 Å². The van der Waals surface area contributed by atoms with E-state index in [1.165, 1.54) is 0 Å². The van der Waals surface area contributed by atoms with Crippen LogP contribution in [0.15, 0.2) is 0 Å². The summed E-state index contributed by atoms with van der Waals surface area (Å²) in [7, 11) is 0. The van der Waals surface area contributed by atoms with Gasteiger partial charge >= 0.3 is 12.0 Å². The van der Waals surface area contributed by atoms with Crippen molar-refractivity contribution >= 4 is 12.0 Å². The molecule has 5 heteroatoms. The monoisotopic (exact) mass is 272 g/mol. The van der Waals surface area contributed by atoms with Crippen LogP contribution in [0.5, 0.6) is 0 Å². The summed E-state index contributed by atoms with van der Waals surface area (Å²) in [5, 5.41) is 14.3. The highest BCUT2D eigenvalue weighted by Crippen LogP contribution is 2.08. The molecular formula is C14H28N2O3. The lowest BCUT2D eigenvalue weighted by atomic mass is 9.99. The summed E-state index contributed by atoms with van der Waals surface area (Å²) in [5.41, 5.74) is 0. The van der Waals surface area contributed by atoms with Gasteiger partial charge in [0.1, 0.15) is 6.04 Å². The SMILES string of the molecule is CC[C@H](C)[C@H](NC(=O)NCCCCC(C)C)C(=O)O. The van der Waals surface area contributed by atoms with Crippen molar-refractivity contribution in [1.82, 2.24) is 10.6 Å².